The van der Waals surface area contributed by atoms with E-state index >= 15 is 0 Å². The van der Waals surface area contributed by atoms with Crippen molar-refractivity contribution in [3.05, 3.63) is 65.0 Å². The lowest BCUT2D eigenvalue weighted by Gasteiger charge is -2.11. The maximum atomic E-state index is 13.3. The molecule has 0 N–H and O–H groups in total. The molecule has 0 spiro atoms. The third-order valence-electron chi connectivity index (χ3n) is 3.18. The molecule has 2 aromatic rings. The number of methoxy groups -OCH3 is 2. The molecule has 2 aromatic carbocycles. The molecule has 0 fully saturated rings. The van der Waals surface area contributed by atoms with Crippen molar-refractivity contribution in [1.29, 1.82) is 0 Å². The summed E-state index contributed by atoms with van der Waals surface area (Å²) in [4.78, 5) is 12.5. The Kier molecular flexibility index (Phi) is 6.26. The fraction of sp³-hybridized carbons (Fsp3) is 0.278. The van der Waals surface area contributed by atoms with Gasteiger partial charge in [0.25, 0.3) is 0 Å². The first-order valence-electron chi connectivity index (χ1n) is 7.19. The van der Waals surface area contributed by atoms with E-state index in [1.54, 1.807) is 32.4 Å². The quantitative estimate of drug-likeness (QED) is 0.554. The second-order valence-electron chi connectivity index (χ2n) is 4.98. The molecule has 0 aliphatic heterocycles. The summed E-state index contributed by atoms with van der Waals surface area (Å²) in [5.41, 5.74) is 1.53. The average molecular weight is 318 g/mol. The molecule has 2 rings (SSSR count). The molecule has 0 aliphatic rings. The summed E-state index contributed by atoms with van der Waals surface area (Å²) in [6.07, 6.45) is 0. The van der Waals surface area contributed by atoms with Crippen LogP contribution in [0.4, 0.5) is 4.39 Å². The van der Waals surface area contributed by atoms with Crippen LogP contribution in [0, 0.1) is 5.82 Å². The first-order valence-corrected chi connectivity index (χ1v) is 7.19. The topological polar surface area (TPSA) is 44.8 Å². The highest BCUT2D eigenvalue weighted by molar-refractivity contribution is 6.09. The molecule has 23 heavy (non-hydrogen) atoms. The molecule has 0 unspecified atom stereocenters. The highest BCUT2D eigenvalue weighted by atomic mass is 19.1. The fourth-order valence-corrected chi connectivity index (χ4v) is 2.16. The molecule has 0 saturated carbocycles. The van der Waals surface area contributed by atoms with Crippen LogP contribution in [0.2, 0.25) is 0 Å². The van der Waals surface area contributed by atoms with E-state index in [1.165, 1.54) is 18.2 Å². The van der Waals surface area contributed by atoms with Gasteiger partial charge in [0.15, 0.2) is 5.78 Å². The maximum Gasteiger partial charge on any atom is 0.193 e. The van der Waals surface area contributed by atoms with Crippen LogP contribution in [0.15, 0.2) is 42.5 Å². The average Bonchev–Trinajstić information content (AvgIpc) is 2.54. The van der Waals surface area contributed by atoms with Gasteiger partial charge in [-0.15, -0.1) is 0 Å². The van der Waals surface area contributed by atoms with Crippen LogP contribution in [-0.4, -0.2) is 33.2 Å². The van der Waals surface area contributed by atoms with E-state index in [0.717, 1.165) is 5.56 Å². The number of rotatable bonds is 8. The molecule has 0 radical (unpaired) electrons. The van der Waals surface area contributed by atoms with Crippen molar-refractivity contribution in [2.75, 3.05) is 27.4 Å². The van der Waals surface area contributed by atoms with Gasteiger partial charge in [-0.2, -0.15) is 0 Å². The summed E-state index contributed by atoms with van der Waals surface area (Å²) in [5, 5.41) is 0. The fourth-order valence-electron chi connectivity index (χ4n) is 2.16. The Bertz CT molecular complexity index is 670. The Labute approximate surface area is 134 Å². The van der Waals surface area contributed by atoms with E-state index in [4.69, 9.17) is 14.2 Å². The predicted molar refractivity (Wildman–Crippen MR) is 84.4 cm³/mol. The normalized spacial score (nSPS) is 10.6. The minimum atomic E-state index is -0.444. The third kappa shape index (κ3) is 4.87. The van der Waals surface area contributed by atoms with Crippen molar-refractivity contribution >= 4 is 5.78 Å². The number of carbonyl (C=O) groups excluding carboxylic acids is 1. The first kappa shape index (κ1) is 17.1. The number of hydrogen-bond acceptors (Lipinski definition) is 4. The number of ketones is 1. The van der Waals surface area contributed by atoms with Crippen molar-refractivity contribution in [2.45, 2.75) is 6.61 Å². The lowest BCUT2D eigenvalue weighted by atomic mass is 10.0. The molecule has 0 saturated heterocycles. The molecule has 0 aliphatic carbocycles. The lowest BCUT2D eigenvalue weighted by molar-refractivity contribution is 0.103. The van der Waals surface area contributed by atoms with E-state index in [1.807, 2.05) is 6.07 Å². The van der Waals surface area contributed by atoms with Gasteiger partial charge in [0.2, 0.25) is 0 Å². The molecule has 122 valence electrons. The molecule has 4 nitrogen and oxygen atoms in total. The predicted octanol–water partition coefficient (Wildman–Crippen LogP) is 3.23. The Morgan fingerprint density at radius 3 is 2.52 bits per heavy atom. The number of benzene rings is 2. The standard InChI is InChI=1S/C18H19FO4/c1-21-6-7-23-17-9-13(12-22-2)8-15(11-17)18(20)14-4-3-5-16(19)10-14/h3-5,8-11H,6-7,12H2,1-2H3. The van der Waals surface area contributed by atoms with Gasteiger partial charge in [0.05, 0.1) is 13.2 Å². The molecule has 0 amide bonds. The van der Waals surface area contributed by atoms with Crippen molar-refractivity contribution in [3.63, 3.8) is 0 Å². The largest absolute Gasteiger partial charge is 0.491 e. The van der Waals surface area contributed by atoms with Gasteiger partial charge < -0.3 is 14.2 Å². The molecule has 0 bridgehead atoms. The SMILES string of the molecule is COCCOc1cc(COC)cc(C(=O)c2cccc(F)c2)c1. The minimum Gasteiger partial charge on any atom is -0.491 e. The molecular weight excluding hydrogens is 299 g/mol. The van der Waals surface area contributed by atoms with E-state index in [0.29, 0.717) is 36.7 Å². The highest BCUT2D eigenvalue weighted by Gasteiger charge is 2.13. The molecule has 0 heterocycles. The second-order valence-corrected chi connectivity index (χ2v) is 4.98. The van der Waals surface area contributed by atoms with E-state index in [9.17, 15) is 9.18 Å². The zero-order chi connectivity index (χ0) is 16.7. The Morgan fingerprint density at radius 2 is 1.83 bits per heavy atom. The molecular formula is C18H19FO4. The monoisotopic (exact) mass is 318 g/mol. The summed E-state index contributed by atoms with van der Waals surface area (Å²) in [6.45, 7) is 1.17. The molecule has 0 atom stereocenters. The van der Waals surface area contributed by atoms with Crippen LogP contribution in [0.5, 0.6) is 5.75 Å². The van der Waals surface area contributed by atoms with Crippen LogP contribution in [0.25, 0.3) is 0 Å². The molecule has 5 heteroatoms. The Morgan fingerprint density at radius 1 is 1.00 bits per heavy atom. The van der Waals surface area contributed by atoms with Crippen LogP contribution in [-0.2, 0) is 16.1 Å². The van der Waals surface area contributed by atoms with E-state index in [2.05, 4.69) is 0 Å². The van der Waals surface area contributed by atoms with Crippen molar-refractivity contribution < 1.29 is 23.4 Å². The first-order chi connectivity index (χ1) is 11.1. The lowest BCUT2D eigenvalue weighted by Crippen LogP contribution is -2.07. The summed E-state index contributed by atoms with van der Waals surface area (Å²) in [5.74, 6) is -0.157. The minimum absolute atomic E-state index is 0.265. The highest BCUT2D eigenvalue weighted by Crippen LogP contribution is 2.21. The van der Waals surface area contributed by atoms with Gasteiger partial charge in [0.1, 0.15) is 18.2 Å². The van der Waals surface area contributed by atoms with Crippen LogP contribution >= 0.6 is 0 Å². The smallest absolute Gasteiger partial charge is 0.193 e. The van der Waals surface area contributed by atoms with Crippen LogP contribution in [0.1, 0.15) is 21.5 Å². The third-order valence-corrected chi connectivity index (χ3v) is 3.18. The van der Waals surface area contributed by atoms with Crippen molar-refractivity contribution in [3.8, 4) is 5.75 Å². The molecule has 0 aromatic heterocycles. The Balaban J connectivity index is 2.30. The summed E-state index contributed by atoms with van der Waals surface area (Å²) >= 11 is 0. The van der Waals surface area contributed by atoms with E-state index in [-0.39, 0.29) is 5.78 Å². The van der Waals surface area contributed by atoms with Gasteiger partial charge >= 0.3 is 0 Å². The number of carbonyl (C=O) groups is 1. The van der Waals surface area contributed by atoms with Crippen molar-refractivity contribution in [1.82, 2.24) is 0 Å². The van der Waals surface area contributed by atoms with Gasteiger partial charge in [-0.05, 0) is 35.9 Å². The Hall–Kier alpha value is -2.24. The number of hydrogen-bond donors (Lipinski definition) is 0. The zero-order valence-electron chi connectivity index (χ0n) is 13.2. The van der Waals surface area contributed by atoms with Crippen molar-refractivity contribution in [2.24, 2.45) is 0 Å². The number of ether oxygens (including phenoxy) is 3. The zero-order valence-corrected chi connectivity index (χ0v) is 13.2. The maximum absolute atomic E-state index is 13.3. The summed E-state index contributed by atoms with van der Waals surface area (Å²) in [7, 11) is 3.16. The summed E-state index contributed by atoms with van der Waals surface area (Å²) in [6, 6.07) is 10.8. The van der Waals surface area contributed by atoms with Crippen LogP contribution in [0.3, 0.4) is 0 Å². The van der Waals surface area contributed by atoms with E-state index < -0.39 is 5.82 Å². The van der Waals surface area contributed by atoms with Gasteiger partial charge in [0, 0.05) is 25.3 Å². The van der Waals surface area contributed by atoms with Crippen LogP contribution < -0.4 is 4.74 Å². The van der Waals surface area contributed by atoms with Gasteiger partial charge in [-0.1, -0.05) is 12.1 Å². The van der Waals surface area contributed by atoms with Gasteiger partial charge in [-0.25, -0.2) is 4.39 Å². The number of halogens is 1. The summed E-state index contributed by atoms with van der Waals surface area (Å²) < 4.78 is 29.0. The van der Waals surface area contributed by atoms with Gasteiger partial charge in [-0.3, -0.25) is 4.79 Å². The second kappa shape index (κ2) is 8.41.